The van der Waals surface area contributed by atoms with E-state index >= 15 is 0 Å². The molecule has 23 heavy (non-hydrogen) atoms. The number of halogens is 1. The van der Waals surface area contributed by atoms with E-state index in [-0.39, 0.29) is 11.9 Å². The summed E-state index contributed by atoms with van der Waals surface area (Å²) >= 11 is 7.32. The van der Waals surface area contributed by atoms with Crippen LogP contribution < -0.4 is 15.4 Å². The molecule has 6 heteroatoms. The molecule has 0 aliphatic carbocycles. The molecule has 1 aromatic heterocycles. The summed E-state index contributed by atoms with van der Waals surface area (Å²) in [5, 5.41) is 9.90. The monoisotopic (exact) mass is 348 g/mol. The standard InChI is InChI=1S/C17H17ClN2O2S/c18-11-7-16(23-9-11)22-13-4-1-10(2-5-13)17(21)20-15-8-12-3-6-14(15)19-12/h1-2,4-5,7,9,12,14-15,19H,3,6,8H2,(H,20,21)/t12-,14+,15-/m1/s1. The molecule has 3 heterocycles. The van der Waals surface area contributed by atoms with Crippen molar-refractivity contribution in [3.05, 3.63) is 46.3 Å². The Labute approximate surface area is 143 Å². The minimum absolute atomic E-state index is 0.0185. The highest BCUT2D eigenvalue weighted by Crippen LogP contribution is 2.31. The lowest BCUT2D eigenvalue weighted by atomic mass is 9.95. The average Bonchev–Trinajstić information content (AvgIpc) is 3.25. The zero-order valence-corrected chi connectivity index (χ0v) is 14.0. The van der Waals surface area contributed by atoms with Gasteiger partial charge in [0.1, 0.15) is 5.75 Å². The SMILES string of the molecule is O=C(N[C@@H]1C[C@H]2CC[C@@H]1N2)c1ccc(Oc2cc(Cl)cs2)cc1. The van der Waals surface area contributed by atoms with Gasteiger partial charge in [-0.05, 0) is 43.5 Å². The summed E-state index contributed by atoms with van der Waals surface area (Å²) in [5.74, 6) is 0.678. The predicted molar refractivity (Wildman–Crippen MR) is 91.7 cm³/mol. The second-order valence-corrected chi connectivity index (χ2v) is 7.38. The van der Waals surface area contributed by atoms with Crippen LogP contribution in [0.3, 0.4) is 0 Å². The number of rotatable bonds is 4. The van der Waals surface area contributed by atoms with Crippen molar-refractivity contribution >= 4 is 28.8 Å². The lowest BCUT2D eigenvalue weighted by molar-refractivity contribution is 0.0931. The number of benzene rings is 1. The molecule has 3 atom stereocenters. The van der Waals surface area contributed by atoms with E-state index in [0.717, 1.165) is 17.9 Å². The highest BCUT2D eigenvalue weighted by Gasteiger charge is 2.39. The molecular formula is C17H17ClN2O2S. The van der Waals surface area contributed by atoms with Crippen LogP contribution in [0.25, 0.3) is 0 Å². The molecule has 0 saturated carbocycles. The van der Waals surface area contributed by atoms with E-state index in [9.17, 15) is 4.79 Å². The fourth-order valence-corrected chi connectivity index (χ4v) is 4.31. The number of ether oxygens (including phenoxy) is 1. The van der Waals surface area contributed by atoms with Crippen molar-refractivity contribution in [3.8, 4) is 10.8 Å². The molecule has 0 spiro atoms. The molecule has 2 N–H and O–H groups in total. The van der Waals surface area contributed by atoms with Gasteiger partial charge in [0.15, 0.2) is 5.06 Å². The number of fused-ring (bicyclic) bond motifs is 2. The molecule has 0 radical (unpaired) electrons. The summed E-state index contributed by atoms with van der Waals surface area (Å²) in [6.45, 7) is 0. The smallest absolute Gasteiger partial charge is 0.251 e. The third-order valence-corrected chi connectivity index (χ3v) is 5.65. The number of amides is 1. The molecule has 0 unspecified atom stereocenters. The predicted octanol–water partition coefficient (Wildman–Crippen LogP) is 3.82. The van der Waals surface area contributed by atoms with Gasteiger partial charge in [-0.15, -0.1) is 11.3 Å². The summed E-state index contributed by atoms with van der Waals surface area (Å²) < 4.78 is 5.70. The second kappa shape index (κ2) is 6.15. The highest BCUT2D eigenvalue weighted by atomic mass is 35.5. The maximum Gasteiger partial charge on any atom is 0.251 e. The maximum atomic E-state index is 12.4. The van der Waals surface area contributed by atoms with Crippen LogP contribution in [-0.2, 0) is 0 Å². The quantitative estimate of drug-likeness (QED) is 0.883. The largest absolute Gasteiger partial charge is 0.447 e. The first-order valence-electron chi connectivity index (χ1n) is 7.76. The molecule has 4 rings (SSSR count). The number of thiophene rings is 1. The lowest BCUT2D eigenvalue weighted by Crippen LogP contribution is -2.42. The fourth-order valence-electron chi connectivity index (χ4n) is 3.37. The van der Waals surface area contributed by atoms with E-state index in [1.54, 1.807) is 18.2 Å². The van der Waals surface area contributed by atoms with Crippen molar-refractivity contribution in [1.29, 1.82) is 0 Å². The number of nitrogens with one attached hydrogen (secondary N) is 2. The first-order valence-corrected chi connectivity index (χ1v) is 9.02. The normalized spacial score (nSPS) is 25.5. The van der Waals surface area contributed by atoms with Gasteiger partial charge in [-0.1, -0.05) is 11.6 Å². The molecule has 2 aliphatic heterocycles. The Balaban J connectivity index is 1.38. The van der Waals surface area contributed by atoms with Crippen molar-refractivity contribution in [3.63, 3.8) is 0 Å². The van der Waals surface area contributed by atoms with Gasteiger partial charge in [0.05, 0.1) is 5.02 Å². The summed E-state index contributed by atoms with van der Waals surface area (Å²) in [6, 6.07) is 10.2. The van der Waals surface area contributed by atoms with E-state index < -0.39 is 0 Å². The van der Waals surface area contributed by atoms with Crippen molar-refractivity contribution < 1.29 is 9.53 Å². The van der Waals surface area contributed by atoms with Crippen LogP contribution in [-0.4, -0.2) is 24.0 Å². The van der Waals surface area contributed by atoms with Gasteiger partial charge in [-0.25, -0.2) is 0 Å². The molecule has 4 nitrogen and oxygen atoms in total. The topological polar surface area (TPSA) is 50.4 Å². The van der Waals surface area contributed by atoms with E-state index in [1.807, 2.05) is 17.5 Å². The van der Waals surface area contributed by atoms with Crippen LogP contribution >= 0.6 is 22.9 Å². The molecule has 1 aromatic carbocycles. The first kappa shape index (κ1) is 15.0. The van der Waals surface area contributed by atoms with Gasteiger partial charge in [-0.2, -0.15) is 0 Å². The van der Waals surface area contributed by atoms with Gasteiger partial charge in [0.25, 0.3) is 5.91 Å². The molecule has 2 bridgehead atoms. The zero-order chi connectivity index (χ0) is 15.8. The fraction of sp³-hybridized carbons (Fsp3) is 0.353. The molecular weight excluding hydrogens is 332 g/mol. The van der Waals surface area contributed by atoms with Crippen LogP contribution in [0, 0.1) is 0 Å². The summed E-state index contributed by atoms with van der Waals surface area (Å²) in [5.41, 5.74) is 0.657. The Hall–Kier alpha value is -1.56. The van der Waals surface area contributed by atoms with Crippen LogP contribution in [0.2, 0.25) is 5.02 Å². The Bertz CT molecular complexity index is 716. The molecule has 2 aliphatic rings. The van der Waals surface area contributed by atoms with E-state index in [0.29, 0.717) is 28.4 Å². The van der Waals surface area contributed by atoms with E-state index in [4.69, 9.17) is 16.3 Å². The van der Waals surface area contributed by atoms with Crippen molar-refractivity contribution in [2.45, 2.75) is 37.4 Å². The average molecular weight is 349 g/mol. The summed E-state index contributed by atoms with van der Waals surface area (Å²) in [7, 11) is 0. The van der Waals surface area contributed by atoms with Gasteiger partial charge in [0, 0.05) is 35.1 Å². The Morgan fingerprint density at radius 3 is 2.74 bits per heavy atom. The molecule has 2 saturated heterocycles. The van der Waals surface area contributed by atoms with E-state index in [1.165, 1.54) is 17.8 Å². The summed E-state index contributed by atoms with van der Waals surface area (Å²) in [6.07, 6.45) is 3.43. The highest BCUT2D eigenvalue weighted by molar-refractivity contribution is 7.12. The second-order valence-electron chi connectivity index (χ2n) is 6.07. The maximum absolute atomic E-state index is 12.4. The van der Waals surface area contributed by atoms with Crippen LogP contribution in [0.15, 0.2) is 35.7 Å². The Morgan fingerprint density at radius 1 is 1.30 bits per heavy atom. The van der Waals surface area contributed by atoms with Gasteiger partial charge in [-0.3, -0.25) is 4.79 Å². The zero-order valence-electron chi connectivity index (χ0n) is 12.4. The first-order chi connectivity index (χ1) is 11.2. The minimum Gasteiger partial charge on any atom is -0.447 e. The van der Waals surface area contributed by atoms with Gasteiger partial charge >= 0.3 is 0 Å². The number of carbonyl (C=O) groups is 1. The Morgan fingerprint density at radius 2 is 2.13 bits per heavy atom. The molecule has 2 fully saturated rings. The van der Waals surface area contributed by atoms with Crippen LogP contribution in [0.1, 0.15) is 29.6 Å². The summed E-state index contributed by atoms with van der Waals surface area (Å²) in [4.78, 5) is 12.4. The Kier molecular flexibility index (Phi) is 4.01. The van der Waals surface area contributed by atoms with Crippen molar-refractivity contribution in [1.82, 2.24) is 10.6 Å². The van der Waals surface area contributed by atoms with Crippen LogP contribution in [0.4, 0.5) is 0 Å². The van der Waals surface area contributed by atoms with Gasteiger partial charge < -0.3 is 15.4 Å². The van der Waals surface area contributed by atoms with E-state index in [2.05, 4.69) is 10.6 Å². The lowest BCUT2D eigenvalue weighted by Gasteiger charge is -2.21. The van der Waals surface area contributed by atoms with Crippen LogP contribution in [0.5, 0.6) is 10.8 Å². The number of carbonyl (C=O) groups excluding carboxylic acids is 1. The van der Waals surface area contributed by atoms with Crippen molar-refractivity contribution in [2.24, 2.45) is 0 Å². The number of hydrogen-bond donors (Lipinski definition) is 2. The molecule has 120 valence electrons. The third-order valence-electron chi connectivity index (χ3n) is 4.49. The molecule has 2 aromatic rings. The van der Waals surface area contributed by atoms with Crippen molar-refractivity contribution in [2.75, 3.05) is 0 Å². The molecule has 1 amide bonds. The minimum atomic E-state index is -0.0185. The third kappa shape index (κ3) is 3.22. The van der Waals surface area contributed by atoms with Gasteiger partial charge in [0.2, 0.25) is 0 Å². The number of hydrogen-bond acceptors (Lipinski definition) is 4.